The summed E-state index contributed by atoms with van der Waals surface area (Å²) in [4.78, 5) is 22.9. The van der Waals surface area contributed by atoms with E-state index < -0.39 is 17.9 Å². The Kier molecular flexibility index (Phi) is 5.98. The molecule has 4 aromatic rings. The molecule has 1 aliphatic rings. The van der Waals surface area contributed by atoms with E-state index in [1.807, 2.05) is 54.8 Å². The van der Waals surface area contributed by atoms with Gasteiger partial charge in [-0.25, -0.2) is 4.98 Å². The fourth-order valence-electron chi connectivity index (χ4n) is 4.61. The smallest absolute Gasteiger partial charge is 0.309 e. The van der Waals surface area contributed by atoms with Crippen LogP contribution < -0.4 is 0 Å². The Morgan fingerprint density at radius 1 is 1.14 bits per heavy atom. The van der Waals surface area contributed by atoms with Gasteiger partial charge in [-0.05, 0) is 44.9 Å². The minimum atomic E-state index is -0.908. The van der Waals surface area contributed by atoms with Gasteiger partial charge in [-0.1, -0.05) is 37.3 Å². The topological polar surface area (TPSA) is 117 Å². The number of nitriles is 1. The van der Waals surface area contributed by atoms with E-state index in [1.54, 1.807) is 17.4 Å². The van der Waals surface area contributed by atoms with E-state index in [1.165, 1.54) is 0 Å². The number of aliphatic imine (C=N–C) groups is 1. The number of benzene rings is 1. The summed E-state index contributed by atoms with van der Waals surface area (Å²) in [7, 11) is 0. The van der Waals surface area contributed by atoms with Crippen LogP contribution in [0, 0.1) is 38.0 Å². The lowest BCUT2D eigenvalue weighted by Crippen LogP contribution is -2.23. The lowest BCUT2D eigenvalue weighted by Gasteiger charge is -2.18. The molecule has 0 spiro atoms. The molecule has 0 aliphatic carbocycles. The summed E-state index contributed by atoms with van der Waals surface area (Å²) in [6.45, 7) is 7.88. The molecule has 1 aromatic carbocycles. The second kappa shape index (κ2) is 9.13. The van der Waals surface area contributed by atoms with Gasteiger partial charge in [0.25, 0.3) is 0 Å². The van der Waals surface area contributed by atoms with Crippen molar-refractivity contribution in [3.05, 3.63) is 81.4 Å². The molecule has 9 heteroatoms. The molecule has 0 bridgehead atoms. The molecule has 0 saturated heterocycles. The maximum absolute atomic E-state index is 12.2. The number of carboxylic acid groups (broad SMARTS) is 1. The first-order valence-electron chi connectivity index (χ1n) is 11.6. The molecule has 0 amide bonds. The third kappa shape index (κ3) is 3.80. The fraction of sp³-hybridized carbons (Fsp3) is 0.259. The van der Waals surface area contributed by atoms with E-state index in [-0.39, 0.29) is 0 Å². The number of fused-ring (bicyclic) bond motifs is 3. The van der Waals surface area contributed by atoms with Crippen LogP contribution >= 0.6 is 11.3 Å². The number of thiophene rings is 1. The highest BCUT2D eigenvalue weighted by molar-refractivity contribution is 7.15. The second-order valence-corrected chi connectivity index (χ2v) is 9.98. The van der Waals surface area contributed by atoms with Crippen LogP contribution in [0.1, 0.15) is 58.3 Å². The first-order valence-corrected chi connectivity index (χ1v) is 12.5. The summed E-state index contributed by atoms with van der Waals surface area (Å²) < 4.78 is 1.97. The quantitative estimate of drug-likeness (QED) is 0.406. The van der Waals surface area contributed by atoms with E-state index in [4.69, 9.17) is 4.99 Å². The van der Waals surface area contributed by atoms with Gasteiger partial charge in [-0.15, -0.1) is 21.5 Å². The number of hydrogen-bond donors (Lipinski definition) is 1. The van der Waals surface area contributed by atoms with Crippen LogP contribution in [0.3, 0.4) is 0 Å². The zero-order chi connectivity index (χ0) is 25.6. The highest BCUT2D eigenvalue weighted by Gasteiger charge is 2.37. The summed E-state index contributed by atoms with van der Waals surface area (Å²) in [5.74, 6) is -0.397. The summed E-state index contributed by atoms with van der Waals surface area (Å²) in [5, 5.41) is 28.9. The van der Waals surface area contributed by atoms with Crippen molar-refractivity contribution < 1.29 is 9.90 Å². The van der Waals surface area contributed by atoms with Crippen LogP contribution in [0.25, 0.3) is 16.3 Å². The van der Waals surface area contributed by atoms with Gasteiger partial charge in [0.1, 0.15) is 28.6 Å². The molecule has 36 heavy (non-hydrogen) atoms. The average molecular weight is 497 g/mol. The molecule has 1 unspecified atom stereocenters. The number of aliphatic carboxylic acids is 1. The third-order valence-electron chi connectivity index (χ3n) is 6.65. The van der Waals surface area contributed by atoms with Gasteiger partial charge in [0, 0.05) is 21.6 Å². The molecule has 0 fully saturated rings. The number of rotatable bonds is 5. The van der Waals surface area contributed by atoms with Gasteiger partial charge >= 0.3 is 5.97 Å². The lowest BCUT2D eigenvalue weighted by molar-refractivity contribution is -0.142. The molecule has 2 atom stereocenters. The van der Waals surface area contributed by atoms with Crippen LogP contribution in [0.4, 0.5) is 0 Å². The van der Waals surface area contributed by atoms with Gasteiger partial charge in [0.2, 0.25) is 0 Å². The van der Waals surface area contributed by atoms with Gasteiger partial charge < -0.3 is 5.11 Å². The Bertz CT molecular complexity index is 1560. The van der Waals surface area contributed by atoms with Crippen molar-refractivity contribution >= 4 is 23.0 Å². The van der Waals surface area contributed by atoms with Crippen LogP contribution in [0.15, 0.2) is 47.5 Å². The third-order valence-corrected chi connectivity index (χ3v) is 7.84. The average Bonchev–Trinajstić information content (AvgIpc) is 3.35. The van der Waals surface area contributed by atoms with Crippen molar-refractivity contribution in [1.82, 2.24) is 19.7 Å². The van der Waals surface area contributed by atoms with E-state index in [0.717, 1.165) is 37.8 Å². The van der Waals surface area contributed by atoms with Crippen molar-refractivity contribution in [3.63, 3.8) is 0 Å². The fourth-order valence-corrected chi connectivity index (χ4v) is 5.82. The molecule has 0 saturated carbocycles. The number of nitrogens with zero attached hydrogens (tertiary/aromatic N) is 6. The molecule has 5 rings (SSSR count). The maximum Gasteiger partial charge on any atom is 0.309 e. The van der Waals surface area contributed by atoms with Gasteiger partial charge in [-0.3, -0.25) is 14.4 Å². The number of carboxylic acids is 1. The lowest BCUT2D eigenvalue weighted by atomic mass is 9.95. The van der Waals surface area contributed by atoms with Gasteiger partial charge in [0.15, 0.2) is 5.82 Å². The zero-order valence-electron chi connectivity index (χ0n) is 20.4. The molecule has 1 aliphatic heterocycles. The monoisotopic (exact) mass is 496 g/mol. The summed E-state index contributed by atoms with van der Waals surface area (Å²) >= 11 is 1.64. The highest BCUT2D eigenvalue weighted by atomic mass is 32.1. The first kappa shape index (κ1) is 23.6. The van der Waals surface area contributed by atoms with Crippen molar-refractivity contribution in [2.24, 2.45) is 10.9 Å². The molecule has 4 heterocycles. The molecule has 8 nitrogen and oxygen atoms in total. The van der Waals surface area contributed by atoms with E-state index in [9.17, 15) is 15.2 Å². The normalized spacial score (nSPS) is 15.3. The van der Waals surface area contributed by atoms with Gasteiger partial charge in [0.05, 0.1) is 17.3 Å². The number of pyridine rings is 1. The number of aryl methyl sites for hydroxylation is 2. The summed E-state index contributed by atoms with van der Waals surface area (Å²) in [6, 6.07) is 14.6. The van der Waals surface area contributed by atoms with E-state index in [2.05, 4.69) is 35.1 Å². The number of aromatic nitrogens is 4. The van der Waals surface area contributed by atoms with Crippen LogP contribution in [0.2, 0.25) is 0 Å². The van der Waals surface area contributed by atoms with E-state index in [0.29, 0.717) is 29.5 Å². The first-order chi connectivity index (χ1) is 17.3. The standard InChI is InChI=1S/C27H24N6O2S/c1-5-20(27(34)35)24-25-32-31-16(4)33(25)26-22(14(2)15(3)36-26)23(30-24)18-11-9-17(10-12-18)21-8-6-7-19(13-28)29-21/h6-12,20,24H,5H2,1-4H3,(H,34,35)/t20?,24-/m0/s1. The van der Waals surface area contributed by atoms with Crippen LogP contribution in [-0.2, 0) is 4.79 Å². The number of carbonyl (C=O) groups is 1. The largest absolute Gasteiger partial charge is 0.481 e. The molecular formula is C27H24N6O2S. The molecule has 180 valence electrons. The Balaban J connectivity index is 1.71. The Morgan fingerprint density at radius 3 is 2.53 bits per heavy atom. The Hall–Kier alpha value is -4.16. The maximum atomic E-state index is 12.2. The second-order valence-electron chi connectivity index (χ2n) is 8.78. The summed E-state index contributed by atoms with van der Waals surface area (Å²) in [5.41, 5.74) is 5.64. The zero-order valence-corrected chi connectivity index (χ0v) is 21.2. The van der Waals surface area contributed by atoms with Crippen LogP contribution in [-0.4, -0.2) is 36.5 Å². The molecule has 1 N–H and O–H groups in total. The minimum absolute atomic E-state index is 0.360. The van der Waals surface area contributed by atoms with Crippen LogP contribution in [0.5, 0.6) is 0 Å². The SMILES string of the molecule is CCC(C(=O)O)[C@@H]1N=C(c2ccc(-c3cccc(C#N)n3)cc2)c2c(sc(C)c2C)-n2c(C)nnc21. The Labute approximate surface area is 212 Å². The van der Waals surface area contributed by atoms with Gasteiger partial charge in [-0.2, -0.15) is 5.26 Å². The molecule has 0 radical (unpaired) electrons. The van der Waals surface area contributed by atoms with Crippen molar-refractivity contribution in [2.75, 3.05) is 0 Å². The molecular weight excluding hydrogens is 472 g/mol. The highest BCUT2D eigenvalue weighted by Crippen LogP contribution is 2.41. The Morgan fingerprint density at radius 2 is 1.86 bits per heavy atom. The molecule has 3 aromatic heterocycles. The predicted molar refractivity (Wildman–Crippen MR) is 138 cm³/mol. The predicted octanol–water partition coefficient (Wildman–Crippen LogP) is 5.19. The van der Waals surface area contributed by atoms with E-state index >= 15 is 0 Å². The number of hydrogen-bond acceptors (Lipinski definition) is 7. The van der Waals surface area contributed by atoms with Crippen molar-refractivity contribution in [1.29, 1.82) is 5.26 Å². The van der Waals surface area contributed by atoms with Crippen molar-refractivity contribution in [3.8, 4) is 22.3 Å². The summed E-state index contributed by atoms with van der Waals surface area (Å²) in [6.07, 6.45) is 0.411. The minimum Gasteiger partial charge on any atom is -0.481 e. The van der Waals surface area contributed by atoms with Crippen molar-refractivity contribution in [2.45, 2.75) is 40.2 Å².